The lowest BCUT2D eigenvalue weighted by atomic mass is 10.2. The van der Waals surface area contributed by atoms with Gasteiger partial charge >= 0.3 is 0 Å². The van der Waals surface area contributed by atoms with Crippen LogP contribution in [0.2, 0.25) is 10.0 Å². The van der Waals surface area contributed by atoms with E-state index in [1.165, 1.54) is 24.4 Å². The first-order chi connectivity index (χ1) is 11.4. The summed E-state index contributed by atoms with van der Waals surface area (Å²) in [6, 6.07) is 9.01. The molecular formula is C17H16Cl2N2O3. The van der Waals surface area contributed by atoms with Gasteiger partial charge in [-0.15, -0.1) is 0 Å². The van der Waals surface area contributed by atoms with Crippen molar-refractivity contribution in [3.63, 3.8) is 0 Å². The van der Waals surface area contributed by atoms with Crippen LogP contribution in [0.15, 0.2) is 41.4 Å². The summed E-state index contributed by atoms with van der Waals surface area (Å²) in [5.74, 6) is -0.566. The number of aromatic hydroxyl groups is 2. The van der Waals surface area contributed by atoms with Gasteiger partial charge in [0.2, 0.25) is 0 Å². The molecule has 1 unspecified atom stereocenters. The van der Waals surface area contributed by atoms with Gasteiger partial charge in [0.1, 0.15) is 11.5 Å². The number of benzene rings is 2. The molecule has 0 radical (unpaired) electrons. The van der Waals surface area contributed by atoms with E-state index in [1.807, 2.05) is 0 Å². The van der Waals surface area contributed by atoms with Crippen LogP contribution in [0.4, 0.5) is 0 Å². The molecule has 0 aliphatic heterocycles. The van der Waals surface area contributed by atoms with Crippen LogP contribution in [-0.2, 0) is 0 Å². The molecular weight excluding hydrogens is 351 g/mol. The summed E-state index contributed by atoms with van der Waals surface area (Å²) in [4.78, 5) is 16.2. The average molecular weight is 367 g/mol. The molecule has 0 bridgehead atoms. The van der Waals surface area contributed by atoms with E-state index in [4.69, 9.17) is 23.2 Å². The van der Waals surface area contributed by atoms with Gasteiger partial charge in [-0.05, 0) is 31.2 Å². The van der Waals surface area contributed by atoms with Crippen molar-refractivity contribution in [2.45, 2.75) is 13.0 Å². The third-order valence-electron chi connectivity index (χ3n) is 3.23. The van der Waals surface area contributed by atoms with Crippen LogP contribution in [0.5, 0.6) is 11.5 Å². The molecule has 0 spiro atoms. The average Bonchev–Trinajstić information content (AvgIpc) is 2.55. The number of amides is 1. The van der Waals surface area contributed by atoms with E-state index >= 15 is 0 Å². The topological polar surface area (TPSA) is 81.9 Å². The van der Waals surface area contributed by atoms with Crippen LogP contribution in [0, 0.1) is 0 Å². The second-order valence-electron chi connectivity index (χ2n) is 5.18. The van der Waals surface area contributed by atoms with Gasteiger partial charge in [-0.1, -0.05) is 35.3 Å². The van der Waals surface area contributed by atoms with E-state index in [-0.39, 0.29) is 40.6 Å². The number of hydrogen-bond acceptors (Lipinski definition) is 4. The van der Waals surface area contributed by atoms with E-state index in [2.05, 4.69) is 10.3 Å². The molecule has 2 rings (SSSR count). The Morgan fingerprint density at radius 2 is 2.00 bits per heavy atom. The number of aliphatic imine (C=N–C) groups is 1. The highest BCUT2D eigenvalue weighted by molar-refractivity contribution is 6.36. The number of phenolic OH excluding ortho intramolecular Hbond substituents is 2. The molecule has 24 heavy (non-hydrogen) atoms. The van der Waals surface area contributed by atoms with Crippen LogP contribution in [-0.4, -0.2) is 34.9 Å². The minimum atomic E-state index is -0.385. The normalized spacial score (nSPS) is 12.3. The molecule has 1 amide bonds. The summed E-state index contributed by atoms with van der Waals surface area (Å²) < 4.78 is 0. The van der Waals surface area contributed by atoms with Crippen molar-refractivity contribution < 1.29 is 15.0 Å². The molecule has 126 valence electrons. The van der Waals surface area contributed by atoms with E-state index in [1.54, 1.807) is 25.1 Å². The largest absolute Gasteiger partial charge is 0.507 e. The van der Waals surface area contributed by atoms with E-state index in [9.17, 15) is 15.0 Å². The number of carbonyl (C=O) groups excluding carboxylic acids is 1. The molecule has 0 aromatic heterocycles. The monoisotopic (exact) mass is 366 g/mol. The van der Waals surface area contributed by atoms with Gasteiger partial charge < -0.3 is 15.5 Å². The first-order valence-corrected chi connectivity index (χ1v) is 7.91. The second-order valence-corrected chi connectivity index (χ2v) is 6.02. The quantitative estimate of drug-likeness (QED) is 0.706. The summed E-state index contributed by atoms with van der Waals surface area (Å²) in [6.07, 6.45) is 1.45. The zero-order valence-electron chi connectivity index (χ0n) is 12.8. The Labute approximate surface area is 149 Å². The lowest BCUT2D eigenvalue weighted by Crippen LogP contribution is -2.30. The number of para-hydroxylation sites is 1. The predicted molar refractivity (Wildman–Crippen MR) is 95.6 cm³/mol. The number of carbonyl (C=O) groups is 1. The van der Waals surface area contributed by atoms with E-state index in [0.29, 0.717) is 10.6 Å². The molecule has 5 nitrogen and oxygen atoms in total. The van der Waals surface area contributed by atoms with E-state index < -0.39 is 0 Å². The molecule has 0 saturated heterocycles. The van der Waals surface area contributed by atoms with Gasteiger partial charge in [0.15, 0.2) is 0 Å². The minimum absolute atomic E-state index is 0.0790. The predicted octanol–water partition coefficient (Wildman–Crippen LogP) is 3.64. The Hall–Kier alpha value is -2.24. The van der Waals surface area contributed by atoms with Crippen molar-refractivity contribution >= 4 is 35.3 Å². The molecule has 0 aliphatic carbocycles. The van der Waals surface area contributed by atoms with Crippen molar-refractivity contribution in [3.05, 3.63) is 57.6 Å². The number of nitrogens with one attached hydrogen (secondary N) is 1. The van der Waals surface area contributed by atoms with Crippen LogP contribution in [0.3, 0.4) is 0 Å². The van der Waals surface area contributed by atoms with Gasteiger partial charge in [0.05, 0.1) is 16.6 Å². The van der Waals surface area contributed by atoms with E-state index in [0.717, 1.165) is 0 Å². The first kappa shape index (κ1) is 18.1. The van der Waals surface area contributed by atoms with Crippen molar-refractivity contribution in [1.29, 1.82) is 0 Å². The van der Waals surface area contributed by atoms with Crippen LogP contribution in [0.25, 0.3) is 0 Å². The Balaban J connectivity index is 1.98. The summed E-state index contributed by atoms with van der Waals surface area (Å²) in [6.45, 7) is 2.06. The summed E-state index contributed by atoms with van der Waals surface area (Å²) in [5.41, 5.74) is 0.597. The Kier molecular flexibility index (Phi) is 6.06. The van der Waals surface area contributed by atoms with Crippen LogP contribution in [0.1, 0.15) is 22.8 Å². The molecule has 2 aromatic carbocycles. The number of nitrogens with zero attached hydrogens (tertiary/aromatic N) is 1. The highest BCUT2D eigenvalue weighted by atomic mass is 35.5. The molecule has 0 heterocycles. The maximum Gasteiger partial charge on any atom is 0.255 e. The highest BCUT2D eigenvalue weighted by Crippen LogP contribution is 2.30. The number of phenols is 2. The Morgan fingerprint density at radius 1 is 1.29 bits per heavy atom. The van der Waals surface area contributed by atoms with Gasteiger partial charge in [0, 0.05) is 23.3 Å². The Morgan fingerprint density at radius 3 is 2.71 bits per heavy atom. The fourth-order valence-corrected chi connectivity index (χ4v) is 2.45. The zero-order valence-corrected chi connectivity index (χ0v) is 14.3. The minimum Gasteiger partial charge on any atom is -0.507 e. The van der Waals surface area contributed by atoms with Crippen molar-refractivity contribution in [2.24, 2.45) is 4.99 Å². The van der Waals surface area contributed by atoms with Gasteiger partial charge in [-0.2, -0.15) is 0 Å². The van der Waals surface area contributed by atoms with Crippen molar-refractivity contribution in [3.8, 4) is 11.5 Å². The summed E-state index contributed by atoms with van der Waals surface area (Å²) in [7, 11) is 0. The SMILES string of the molecule is CC(CNC(=O)c1ccccc1O)N=Cc1cc(Cl)cc(Cl)c1O. The molecule has 0 aliphatic rings. The van der Waals surface area contributed by atoms with Crippen LogP contribution >= 0.6 is 23.2 Å². The lowest BCUT2D eigenvalue weighted by Gasteiger charge is -2.10. The van der Waals surface area contributed by atoms with Gasteiger partial charge in [-0.25, -0.2) is 0 Å². The van der Waals surface area contributed by atoms with Crippen molar-refractivity contribution in [1.82, 2.24) is 5.32 Å². The summed E-state index contributed by atoms with van der Waals surface area (Å²) in [5, 5.41) is 22.7. The van der Waals surface area contributed by atoms with Gasteiger partial charge in [-0.3, -0.25) is 9.79 Å². The molecule has 2 aromatic rings. The maximum atomic E-state index is 12.0. The highest BCUT2D eigenvalue weighted by Gasteiger charge is 2.11. The second kappa shape index (κ2) is 8.04. The zero-order chi connectivity index (χ0) is 17.7. The Bertz CT molecular complexity index is 778. The fraction of sp³-hybridized carbons (Fsp3) is 0.176. The number of halogens is 2. The molecule has 1 atom stereocenters. The number of hydrogen-bond donors (Lipinski definition) is 3. The van der Waals surface area contributed by atoms with Crippen LogP contribution < -0.4 is 5.32 Å². The fourth-order valence-electron chi connectivity index (χ4n) is 1.95. The molecule has 3 N–H and O–H groups in total. The first-order valence-electron chi connectivity index (χ1n) is 7.16. The number of rotatable bonds is 5. The molecule has 0 saturated carbocycles. The maximum absolute atomic E-state index is 12.0. The molecule has 0 fully saturated rings. The van der Waals surface area contributed by atoms with Gasteiger partial charge in [0.25, 0.3) is 5.91 Å². The lowest BCUT2D eigenvalue weighted by molar-refractivity contribution is 0.0949. The summed E-state index contributed by atoms with van der Waals surface area (Å²) >= 11 is 11.7. The molecule has 7 heteroatoms. The third-order valence-corrected chi connectivity index (χ3v) is 3.74. The smallest absolute Gasteiger partial charge is 0.255 e. The standard InChI is InChI=1S/C17H16Cl2N2O3/c1-10(8-21-17(24)13-4-2-3-5-15(13)22)20-9-11-6-12(18)7-14(19)16(11)23/h2-7,9-10,22-23H,8H2,1H3,(H,21,24). The van der Waals surface area contributed by atoms with Crippen molar-refractivity contribution in [2.75, 3.05) is 6.54 Å². The third kappa shape index (κ3) is 4.63.